The number of carbonyl (C=O) groups is 1. The first-order valence-corrected chi connectivity index (χ1v) is 4.87. The molecule has 1 aromatic carbocycles. The summed E-state index contributed by atoms with van der Waals surface area (Å²) in [6, 6.07) is 1.14. The third kappa shape index (κ3) is 2.83. The van der Waals surface area contributed by atoms with Gasteiger partial charge in [0.15, 0.2) is 6.29 Å². The van der Waals surface area contributed by atoms with Crippen LogP contribution in [0.4, 0.5) is 26.3 Å². The molecule has 1 aromatic rings. The molecule has 0 saturated heterocycles. The third-order valence-electron chi connectivity index (χ3n) is 2.38. The lowest BCUT2D eigenvalue weighted by Crippen LogP contribution is -2.17. The van der Waals surface area contributed by atoms with Gasteiger partial charge in [-0.3, -0.25) is 4.79 Å². The van der Waals surface area contributed by atoms with E-state index in [0.717, 1.165) is 0 Å². The number of alkyl halides is 6. The van der Waals surface area contributed by atoms with E-state index in [1.54, 1.807) is 0 Å². The summed E-state index contributed by atoms with van der Waals surface area (Å²) in [4.78, 5) is 10.5. The number of halogens is 6. The van der Waals surface area contributed by atoms with Crippen LogP contribution in [0.5, 0.6) is 0 Å². The second kappa shape index (κ2) is 4.62. The normalized spacial score (nSPS) is 12.6. The maximum atomic E-state index is 12.6. The predicted molar refractivity (Wildman–Crippen MR) is 51.2 cm³/mol. The molecule has 0 aliphatic rings. The first-order chi connectivity index (χ1) is 8.11. The van der Waals surface area contributed by atoms with Crippen molar-refractivity contribution in [2.75, 3.05) is 0 Å². The molecule has 0 atom stereocenters. The van der Waals surface area contributed by atoms with Crippen LogP contribution in [0.25, 0.3) is 0 Å². The van der Waals surface area contributed by atoms with Gasteiger partial charge in [-0.2, -0.15) is 26.3 Å². The average molecular weight is 270 g/mol. The van der Waals surface area contributed by atoms with Gasteiger partial charge in [-0.15, -0.1) is 0 Å². The van der Waals surface area contributed by atoms with Gasteiger partial charge in [-0.1, -0.05) is 6.92 Å². The highest BCUT2D eigenvalue weighted by molar-refractivity contribution is 5.81. The minimum absolute atomic E-state index is 0.00526. The number of aldehydes is 1. The maximum Gasteiger partial charge on any atom is 0.417 e. The standard InChI is InChI=1S/C11H8F6O/c1-2-6-3-8(10(12,13)14)7(5-18)9(4-6)11(15,16)17/h3-5H,2H2,1H3. The summed E-state index contributed by atoms with van der Waals surface area (Å²) < 4.78 is 75.6. The van der Waals surface area contributed by atoms with Crippen molar-refractivity contribution in [3.63, 3.8) is 0 Å². The van der Waals surface area contributed by atoms with E-state index >= 15 is 0 Å². The molecule has 0 amide bonds. The molecule has 0 spiro atoms. The second-order valence-electron chi connectivity index (χ2n) is 3.57. The maximum absolute atomic E-state index is 12.6. The number of hydrogen-bond acceptors (Lipinski definition) is 1. The topological polar surface area (TPSA) is 17.1 Å². The molecule has 1 rings (SSSR count). The van der Waals surface area contributed by atoms with E-state index in [4.69, 9.17) is 0 Å². The molecule has 0 heterocycles. The highest BCUT2D eigenvalue weighted by atomic mass is 19.4. The first kappa shape index (κ1) is 14.5. The zero-order valence-corrected chi connectivity index (χ0v) is 9.12. The lowest BCUT2D eigenvalue weighted by Gasteiger charge is -2.17. The van der Waals surface area contributed by atoms with Gasteiger partial charge in [-0.25, -0.2) is 0 Å². The zero-order chi connectivity index (χ0) is 14.1. The Bertz CT molecular complexity index is 423. The number of carbonyl (C=O) groups excluding carboxylic acids is 1. The molecule has 0 aliphatic carbocycles. The minimum atomic E-state index is -5.00. The molecule has 0 N–H and O–H groups in total. The van der Waals surface area contributed by atoms with Crippen LogP contribution in [-0.2, 0) is 18.8 Å². The summed E-state index contributed by atoms with van der Waals surface area (Å²) in [7, 11) is 0. The van der Waals surface area contributed by atoms with Crippen molar-refractivity contribution in [3.05, 3.63) is 34.4 Å². The Labute approximate surface area is 98.4 Å². The van der Waals surface area contributed by atoms with Crippen molar-refractivity contribution in [3.8, 4) is 0 Å². The number of rotatable bonds is 2. The molecular formula is C11H8F6O. The molecule has 100 valence electrons. The van der Waals surface area contributed by atoms with E-state index in [1.165, 1.54) is 6.92 Å². The molecule has 0 fully saturated rings. The fourth-order valence-corrected chi connectivity index (χ4v) is 1.51. The predicted octanol–water partition coefficient (Wildman–Crippen LogP) is 4.10. The van der Waals surface area contributed by atoms with Crippen LogP contribution in [-0.4, -0.2) is 6.29 Å². The zero-order valence-electron chi connectivity index (χ0n) is 9.12. The van der Waals surface area contributed by atoms with Crippen LogP contribution in [0.3, 0.4) is 0 Å². The van der Waals surface area contributed by atoms with Gasteiger partial charge < -0.3 is 0 Å². The first-order valence-electron chi connectivity index (χ1n) is 4.87. The molecule has 0 radical (unpaired) electrons. The SMILES string of the molecule is CCc1cc(C(F)(F)F)c(C=O)c(C(F)(F)F)c1. The van der Waals surface area contributed by atoms with Crippen LogP contribution < -0.4 is 0 Å². The van der Waals surface area contributed by atoms with E-state index in [1.807, 2.05) is 0 Å². The van der Waals surface area contributed by atoms with Crippen molar-refractivity contribution < 1.29 is 31.1 Å². The number of aryl methyl sites for hydroxylation is 1. The fourth-order valence-electron chi connectivity index (χ4n) is 1.51. The van der Waals surface area contributed by atoms with Crippen molar-refractivity contribution in [2.45, 2.75) is 25.7 Å². The van der Waals surface area contributed by atoms with E-state index in [-0.39, 0.29) is 12.0 Å². The van der Waals surface area contributed by atoms with Crippen LogP contribution >= 0.6 is 0 Å². The van der Waals surface area contributed by atoms with Gasteiger partial charge in [0, 0.05) is 5.56 Å². The van der Waals surface area contributed by atoms with E-state index in [9.17, 15) is 31.1 Å². The summed E-state index contributed by atoms with van der Waals surface area (Å²) in [5, 5.41) is 0. The van der Waals surface area contributed by atoms with Crippen LogP contribution in [0.1, 0.15) is 34.0 Å². The van der Waals surface area contributed by atoms with Crippen molar-refractivity contribution in [1.82, 2.24) is 0 Å². The summed E-state index contributed by atoms with van der Waals surface area (Å²) in [5.74, 6) is 0. The van der Waals surface area contributed by atoms with Gasteiger partial charge in [0.05, 0.1) is 11.1 Å². The van der Waals surface area contributed by atoms with E-state index < -0.39 is 35.3 Å². The van der Waals surface area contributed by atoms with Crippen LogP contribution in [0.2, 0.25) is 0 Å². The molecular weight excluding hydrogens is 262 g/mol. The second-order valence-corrected chi connectivity index (χ2v) is 3.57. The minimum Gasteiger partial charge on any atom is -0.298 e. The van der Waals surface area contributed by atoms with Gasteiger partial charge in [0.1, 0.15) is 0 Å². The Morgan fingerprint density at radius 3 is 1.61 bits per heavy atom. The smallest absolute Gasteiger partial charge is 0.298 e. The van der Waals surface area contributed by atoms with Gasteiger partial charge in [0.25, 0.3) is 0 Å². The molecule has 18 heavy (non-hydrogen) atoms. The van der Waals surface area contributed by atoms with E-state index in [0.29, 0.717) is 12.1 Å². The Morgan fingerprint density at radius 2 is 1.39 bits per heavy atom. The Hall–Kier alpha value is -1.53. The summed E-state index contributed by atoms with van der Waals surface area (Å²) >= 11 is 0. The number of hydrogen-bond donors (Lipinski definition) is 0. The average Bonchev–Trinajstić information content (AvgIpc) is 2.24. The largest absolute Gasteiger partial charge is 0.417 e. The van der Waals surface area contributed by atoms with Crippen LogP contribution in [0, 0.1) is 0 Å². The molecule has 0 aliphatic heterocycles. The molecule has 7 heteroatoms. The Kier molecular flexibility index (Phi) is 3.73. The third-order valence-corrected chi connectivity index (χ3v) is 2.38. The van der Waals surface area contributed by atoms with Gasteiger partial charge in [0.2, 0.25) is 0 Å². The Morgan fingerprint density at radius 1 is 1.00 bits per heavy atom. The lowest BCUT2D eigenvalue weighted by molar-refractivity contribution is -0.143. The summed E-state index contributed by atoms with van der Waals surface area (Å²) in [6.45, 7) is 1.43. The fraction of sp³-hybridized carbons (Fsp3) is 0.364. The van der Waals surface area contributed by atoms with Crippen LogP contribution in [0.15, 0.2) is 12.1 Å². The Balaban J connectivity index is 3.66. The molecule has 0 unspecified atom stereocenters. The highest BCUT2D eigenvalue weighted by Gasteiger charge is 2.41. The quantitative estimate of drug-likeness (QED) is 0.584. The van der Waals surface area contributed by atoms with Gasteiger partial charge >= 0.3 is 12.4 Å². The lowest BCUT2D eigenvalue weighted by atomic mass is 9.96. The molecule has 0 aromatic heterocycles. The van der Waals surface area contributed by atoms with Gasteiger partial charge in [-0.05, 0) is 24.1 Å². The highest BCUT2D eigenvalue weighted by Crippen LogP contribution is 2.39. The molecule has 0 saturated carbocycles. The molecule has 1 nitrogen and oxygen atoms in total. The van der Waals surface area contributed by atoms with Crippen molar-refractivity contribution in [1.29, 1.82) is 0 Å². The number of benzene rings is 1. The van der Waals surface area contributed by atoms with E-state index in [2.05, 4.69) is 0 Å². The summed E-state index contributed by atoms with van der Waals surface area (Å²) in [6.07, 6.45) is -10.4. The molecule has 0 bridgehead atoms. The monoisotopic (exact) mass is 270 g/mol. The summed E-state index contributed by atoms with van der Waals surface area (Å²) in [5.41, 5.74) is -4.60. The van der Waals surface area contributed by atoms with Crippen molar-refractivity contribution >= 4 is 6.29 Å². The van der Waals surface area contributed by atoms with Crippen molar-refractivity contribution in [2.24, 2.45) is 0 Å².